The minimum absolute atomic E-state index is 0.0874. The molecule has 208 valence electrons. The van der Waals surface area contributed by atoms with E-state index in [4.69, 9.17) is 4.74 Å². The largest absolute Gasteiger partial charge is 0.497 e. The van der Waals surface area contributed by atoms with Gasteiger partial charge >= 0.3 is 0 Å². The average molecular weight is 544 g/mol. The van der Waals surface area contributed by atoms with Crippen LogP contribution >= 0.6 is 0 Å². The van der Waals surface area contributed by atoms with E-state index in [9.17, 15) is 18.0 Å². The van der Waals surface area contributed by atoms with Crippen molar-refractivity contribution < 1.29 is 22.7 Å². The maximum Gasteiger partial charge on any atom is 0.243 e. The summed E-state index contributed by atoms with van der Waals surface area (Å²) in [7, 11) is -2.21. The molecule has 0 bridgehead atoms. The maximum atomic E-state index is 13.8. The summed E-state index contributed by atoms with van der Waals surface area (Å²) in [4.78, 5) is 30.3. The minimum Gasteiger partial charge on any atom is -0.497 e. The van der Waals surface area contributed by atoms with Crippen molar-refractivity contribution in [3.8, 4) is 5.75 Å². The Balaban J connectivity index is 1.81. The van der Waals surface area contributed by atoms with E-state index in [2.05, 4.69) is 0 Å². The van der Waals surface area contributed by atoms with E-state index < -0.39 is 10.0 Å². The number of methoxy groups -OCH3 is 1. The molecule has 1 saturated heterocycles. The summed E-state index contributed by atoms with van der Waals surface area (Å²) < 4.78 is 33.3. The van der Waals surface area contributed by atoms with Crippen LogP contribution in [0.15, 0.2) is 59.5 Å². The Labute approximate surface area is 227 Å². The molecule has 9 heteroatoms. The van der Waals surface area contributed by atoms with Gasteiger partial charge in [0.15, 0.2) is 0 Å². The fourth-order valence-electron chi connectivity index (χ4n) is 4.77. The number of ether oxygens (including phenoxy) is 1. The van der Waals surface area contributed by atoms with Gasteiger partial charge in [-0.05, 0) is 55.0 Å². The van der Waals surface area contributed by atoms with E-state index in [1.165, 1.54) is 4.31 Å². The van der Waals surface area contributed by atoms with Crippen LogP contribution in [0.5, 0.6) is 5.75 Å². The van der Waals surface area contributed by atoms with E-state index >= 15 is 0 Å². The molecular formula is C29H41N3O5S. The SMILES string of the molecule is CCCN(CC(=O)N(Cc1ccc(OC)cc1)C1CCN(C(=O)CC(C)C)CC1)S(=O)(=O)c1ccccc1. The van der Waals surface area contributed by atoms with Crippen molar-refractivity contribution in [2.24, 2.45) is 5.92 Å². The molecule has 0 N–H and O–H groups in total. The number of carbonyl (C=O) groups excluding carboxylic acids is 2. The number of rotatable bonds is 12. The van der Waals surface area contributed by atoms with Crippen molar-refractivity contribution >= 4 is 21.8 Å². The monoisotopic (exact) mass is 543 g/mol. The molecule has 0 aliphatic carbocycles. The highest BCUT2D eigenvalue weighted by molar-refractivity contribution is 7.89. The topological polar surface area (TPSA) is 87.2 Å². The third-order valence-corrected chi connectivity index (χ3v) is 8.70. The van der Waals surface area contributed by atoms with Gasteiger partial charge in [0.2, 0.25) is 21.8 Å². The van der Waals surface area contributed by atoms with Crippen molar-refractivity contribution in [2.75, 3.05) is 33.3 Å². The molecule has 0 saturated carbocycles. The molecule has 0 aromatic heterocycles. The molecule has 3 rings (SSSR count). The van der Waals surface area contributed by atoms with Gasteiger partial charge in [0.25, 0.3) is 0 Å². The van der Waals surface area contributed by atoms with Gasteiger partial charge in [-0.2, -0.15) is 4.31 Å². The van der Waals surface area contributed by atoms with Crippen LogP contribution in [0.25, 0.3) is 0 Å². The Morgan fingerprint density at radius 2 is 1.66 bits per heavy atom. The number of hydrogen-bond donors (Lipinski definition) is 0. The van der Waals surface area contributed by atoms with E-state index in [1.54, 1.807) is 42.3 Å². The summed E-state index contributed by atoms with van der Waals surface area (Å²) in [6.07, 6.45) is 2.42. The van der Waals surface area contributed by atoms with Gasteiger partial charge in [-0.15, -0.1) is 0 Å². The van der Waals surface area contributed by atoms with Crippen LogP contribution in [0.1, 0.15) is 52.0 Å². The first kappa shape index (κ1) is 29.6. The van der Waals surface area contributed by atoms with Gasteiger partial charge in [0.05, 0.1) is 18.6 Å². The molecule has 1 aliphatic heterocycles. The van der Waals surface area contributed by atoms with Crippen LogP contribution < -0.4 is 4.74 Å². The molecule has 1 fully saturated rings. The molecule has 2 aromatic carbocycles. The standard InChI is InChI=1S/C29H41N3O5S/c1-5-17-31(38(35,36)27-9-7-6-8-10-27)22-29(34)32(21-24-11-13-26(37-4)14-12-24)25-15-18-30(19-16-25)28(33)20-23(2)3/h6-14,23,25H,5,15-22H2,1-4H3. The fourth-order valence-corrected chi connectivity index (χ4v) is 6.27. The number of likely N-dealkylation sites (tertiary alicyclic amines) is 1. The zero-order chi connectivity index (χ0) is 27.7. The Hall–Kier alpha value is -2.91. The summed E-state index contributed by atoms with van der Waals surface area (Å²) >= 11 is 0. The summed E-state index contributed by atoms with van der Waals surface area (Å²) in [5.74, 6) is 0.937. The van der Waals surface area contributed by atoms with Crippen LogP contribution in [0.2, 0.25) is 0 Å². The van der Waals surface area contributed by atoms with Crippen LogP contribution in [0, 0.1) is 5.92 Å². The number of sulfonamides is 1. The highest BCUT2D eigenvalue weighted by Crippen LogP contribution is 2.23. The molecule has 1 aliphatic rings. The lowest BCUT2D eigenvalue weighted by Crippen LogP contribution is -2.51. The van der Waals surface area contributed by atoms with Gasteiger partial charge in [0, 0.05) is 38.6 Å². The zero-order valence-electron chi connectivity index (χ0n) is 23.0. The first-order chi connectivity index (χ1) is 18.1. The molecule has 1 heterocycles. The molecule has 0 unspecified atom stereocenters. The molecule has 8 nitrogen and oxygen atoms in total. The van der Waals surface area contributed by atoms with E-state index in [0.717, 1.165) is 11.3 Å². The fraction of sp³-hybridized carbons (Fsp3) is 0.517. The van der Waals surface area contributed by atoms with Crippen molar-refractivity contribution in [1.29, 1.82) is 0 Å². The number of amides is 2. The number of nitrogens with zero attached hydrogens (tertiary/aromatic N) is 3. The highest BCUT2D eigenvalue weighted by Gasteiger charge is 2.33. The Bertz CT molecular complexity index is 1140. The Kier molecular flexibility index (Phi) is 10.7. The lowest BCUT2D eigenvalue weighted by atomic mass is 10.0. The second kappa shape index (κ2) is 13.8. The number of benzene rings is 2. The van der Waals surface area contributed by atoms with Crippen LogP contribution in [-0.4, -0.2) is 73.7 Å². The summed E-state index contributed by atoms with van der Waals surface area (Å²) in [6, 6.07) is 15.7. The lowest BCUT2D eigenvalue weighted by molar-refractivity contribution is -0.137. The number of piperidine rings is 1. The van der Waals surface area contributed by atoms with Crippen molar-refractivity contribution in [3.63, 3.8) is 0 Å². The normalized spacial score (nSPS) is 14.6. The second-order valence-electron chi connectivity index (χ2n) is 10.2. The van der Waals surface area contributed by atoms with Gasteiger partial charge in [-0.1, -0.05) is 51.1 Å². The molecule has 38 heavy (non-hydrogen) atoms. The smallest absolute Gasteiger partial charge is 0.243 e. The first-order valence-corrected chi connectivity index (χ1v) is 14.8. The quantitative estimate of drug-likeness (QED) is 0.401. The van der Waals surface area contributed by atoms with Crippen molar-refractivity contribution in [3.05, 3.63) is 60.2 Å². The third kappa shape index (κ3) is 7.80. The van der Waals surface area contributed by atoms with Gasteiger partial charge < -0.3 is 14.5 Å². The highest BCUT2D eigenvalue weighted by atomic mass is 32.2. The summed E-state index contributed by atoms with van der Waals surface area (Å²) in [6.45, 7) is 7.52. The van der Waals surface area contributed by atoms with Crippen LogP contribution in [0.4, 0.5) is 0 Å². The number of carbonyl (C=O) groups is 2. The minimum atomic E-state index is -3.82. The van der Waals surface area contributed by atoms with Gasteiger partial charge in [0.1, 0.15) is 5.75 Å². The maximum absolute atomic E-state index is 13.8. The van der Waals surface area contributed by atoms with Gasteiger partial charge in [-0.25, -0.2) is 8.42 Å². The van der Waals surface area contributed by atoms with Crippen LogP contribution in [-0.2, 0) is 26.2 Å². The molecular weight excluding hydrogens is 502 g/mol. The zero-order valence-corrected chi connectivity index (χ0v) is 23.8. The van der Waals surface area contributed by atoms with Gasteiger partial charge in [-0.3, -0.25) is 9.59 Å². The van der Waals surface area contributed by atoms with Crippen molar-refractivity contribution in [2.45, 2.75) is 63.9 Å². The Morgan fingerprint density at radius 1 is 1.03 bits per heavy atom. The molecule has 2 aromatic rings. The summed E-state index contributed by atoms with van der Waals surface area (Å²) in [5.41, 5.74) is 0.936. The molecule has 2 amide bonds. The first-order valence-electron chi connectivity index (χ1n) is 13.4. The van der Waals surface area contributed by atoms with E-state index in [-0.39, 0.29) is 35.8 Å². The molecule has 0 atom stereocenters. The Morgan fingerprint density at radius 3 is 2.21 bits per heavy atom. The third-order valence-electron chi connectivity index (χ3n) is 6.84. The molecule has 0 spiro atoms. The van der Waals surface area contributed by atoms with E-state index in [1.807, 2.05) is 49.9 Å². The lowest BCUT2D eigenvalue weighted by Gasteiger charge is -2.39. The predicted molar refractivity (Wildman–Crippen MR) is 148 cm³/mol. The molecule has 0 radical (unpaired) electrons. The second-order valence-corrected chi connectivity index (χ2v) is 12.2. The predicted octanol–water partition coefficient (Wildman–Crippen LogP) is 4.16. The number of hydrogen-bond acceptors (Lipinski definition) is 5. The van der Waals surface area contributed by atoms with Crippen molar-refractivity contribution in [1.82, 2.24) is 14.1 Å². The summed E-state index contributed by atoms with van der Waals surface area (Å²) in [5, 5.41) is 0. The van der Waals surface area contributed by atoms with Crippen LogP contribution in [0.3, 0.4) is 0 Å². The van der Waals surface area contributed by atoms with E-state index in [0.29, 0.717) is 51.2 Å². The average Bonchev–Trinajstić information content (AvgIpc) is 2.92.